The van der Waals surface area contributed by atoms with Crippen LogP contribution in [0, 0.1) is 13.8 Å². The van der Waals surface area contributed by atoms with Gasteiger partial charge < -0.3 is 14.7 Å². The maximum atomic E-state index is 13.2. The summed E-state index contributed by atoms with van der Waals surface area (Å²) in [4.78, 5) is 4.53. The molecule has 1 aliphatic rings. The van der Waals surface area contributed by atoms with Crippen molar-refractivity contribution in [2.45, 2.75) is 38.3 Å². The average molecular weight is 416 g/mol. The van der Waals surface area contributed by atoms with E-state index in [1.165, 1.54) is 0 Å². The molecule has 0 aliphatic carbocycles. The molecule has 0 unspecified atom stereocenters. The van der Waals surface area contributed by atoms with Gasteiger partial charge in [0.05, 0.1) is 17.0 Å². The number of hydrogen-bond acceptors (Lipinski definition) is 5. The first-order valence-corrected chi connectivity index (χ1v) is 9.31. The van der Waals surface area contributed by atoms with Gasteiger partial charge in [-0.2, -0.15) is 13.2 Å². The third-order valence-corrected chi connectivity index (χ3v) is 5.19. The van der Waals surface area contributed by atoms with Gasteiger partial charge in [-0.3, -0.25) is 4.99 Å². The van der Waals surface area contributed by atoms with Gasteiger partial charge in [-0.25, -0.2) is 0 Å². The fourth-order valence-corrected chi connectivity index (χ4v) is 3.60. The fraction of sp³-hybridized carbons (Fsp3) is 0.273. The van der Waals surface area contributed by atoms with Crippen LogP contribution in [-0.4, -0.2) is 33.0 Å². The second-order valence-electron chi connectivity index (χ2n) is 7.43. The van der Waals surface area contributed by atoms with Crippen molar-refractivity contribution in [1.82, 2.24) is 5.16 Å². The first-order chi connectivity index (χ1) is 14.1. The summed E-state index contributed by atoms with van der Waals surface area (Å²) in [6.07, 6.45) is -6.37. The fourth-order valence-electron chi connectivity index (χ4n) is 3.60. The van der Waals surface area contributed by atoms with E-state index in [2.05, 4.69) is 10.1 Å². The highest BCUT2D eigenvalue weighted by Gasteiger charge is 2.54. The quantitative estimate of drug-likeness (QED) is 0.617. The second-order valence-corrected chi connectivity index (χ2v) is 7.43. The molecule has 1 atom stereocenters. The van der Waals surface area contributed by atoms with Crippen LogP contribution in [0.2, 0.25) is 0 Å². The summed E-state index contributed by atoms with van der Waals surface area (Å²) in [5.74, 6) is -3.87. The molecule has 0 fully saturated rings. The number of halogens is 3. The van der Waals surface area contributed by atoms with E-state index in [9.17, 15) is 23.4 Å². The van der Waals surface area contributed by atoms with Gasteiger partial charge in [0.2, 0.25) is 0 Å². The molecule has 0 spiro atoms. The molecule has 2 N–H and O–H groups in total. The summed E-state index contributed by atoms with van der Waals surface area (Å²) in [6.45, 7) is 3.61. The van der Waals surface area contributed by atoms with Crippen molar-refractivity contribution in [1.29, 1.82) is 0 Å². The van der Waals surface area contributed by atoms with Crippen molar-refractivity contribution in [3.05, 3.63) is 76.7 Å². The van der Waals surface area contributed by atoms with Crippen molar-refractivity contribution in [3.63, 3.8) is 0 Å². The molecule has 0 bridgehead atoms. The first-order valence-electron chi connectivity index (χ1n) is 9.31. The lowest BCUT2D eigenvalue weighted by atomic mass is 9.92. The Morgan fingerprint density at radius 3 is 2.23 bits per heavy atom. The molecule has 3 aromatic rings. The molecule has 156 valence electrons. The van der Waals surface area contributed by atoms with E-state index in [-0.39, 0.29) is 5.76 Å². The van der Waals surface area contributed by atoms with Crippen molar-refractivity contribution in [2.75, 3.05) is 0 Å². The molecule has 8 heteroatoms. The third-order valence-electron chi connectivity index (χ3n) is 5.19. The van der Waals surface area contributed by atoms with E-state index in [1.807, 2.05) is 49.4 Å². The highest BCUT2D eigenvalue weighted by Crippen LogP contribution is 2.44. The summed E-state index contributed by atoms with van der Waals surface area (Å²) in [6, 6.07) is 13.4. The van der Waals surface area contributed by atoms with E-state index in [0.29, 0.717) is 33.7 Å². The summed E-state index contributed by atoms with van der Waals surface area (Å²) < 4.78 is 45.0. The zero-order chi connectivity index (χ0) is 21.7. The van der Waals surface area contributed by atoms with Gasteiger partial charge in [-0.15, -0.1) is 0 Å². The predicted molar refractivity (Wildman–Crippen MR) is 104 cm³/mol. The van der Waals surface area contributed by atoms with Crippen LogP contribution in [0.1, 0.15) is 40.6 Å². The third kappa shape index (κ3) is 3.42. The number of aliphatic hydroxyl groups is 2. The minimum Gasteiger partial charge on any atom is -0.359 e. The van der Waals surface area contributed by atoms with Crippen molar-refractivity contribution < 1.29 is 27.9 Å². The average Bonchev–Trinajstić information content (AvgIpc) is 3.00. The largest absolute Gasteiger partial charge is 0.442 e. The number of rotatable bonds is 3. The molecule has 0 amide bonds. The minimum absolute atomic E-state index is 0.0683. The molecule has 0 saturated heterocycles. The van der Waals surface area contributed by atoms with Crippen LogP contribution in [0.4, 0.5) is 13.2 Å². The Balaban J connectivity index is 1.95. The van der Waals surface area contributed by atoms with Gasteiger partial charge in [0.1, 0.15) is 6.04 Å². The molecule has 2 heterocycles. The van der Waals surface area contributed by atoms with Crippen LogP contribution in [-0.2, 0) is 0 Å². The van der Waals surface area contributed by atoms with Crippen LogP contribution < -0.4 is 0 Å². The lowest BCUT2D eigenvalue weighted by Crippen LogP contribution is -2.46. The van der Waals surface area contributed by atoms with E-state index in [4.69, 9.17) is 4.52 Å². The Hall–Kier alpha value is -2.97. The van der Waals surface area contributed by atoms with Gasteiger partial charge in [-0.1, -0.05) is 59.3 Å². The molecule has 4 rings (SSSR count). The van der Waals surface area contributed by atoms with Gasteiger partial charge in [-0.05, 0) is 19.4 Å². The SMILES string of the molecule is Cc1ccc(C2=N[C@@H](CC(O)(O)C(F)(F)F)c3onc(C)c3-c3ccccc32)cc1. The molecule has 5 nitrogen and oxygen atoms in total. The highest BCUT2D eigenvalue weighted by molar-refractivity contribution is 6.17. The van der Waals surface area contributed by atoms with Crippen LogP contribution >= 0.6 is 0 Å². The zero-order valence-corrected chi connectivity index (χ0v) is 16.2. The van der Waals surface area contributed by atoms with Crippen molar-refractivity contribution in [2.24, 2.45) is 4.99 Å². The zero-order valence-electron chi connectivity index (χ0n) is 16.2. The molecule has 0 saturated carbocycles. The number of alkyl halides is 3. The standard InChI is InChI=1S/C22H19F3N2O3/c1-12-7-9-14(10-8-12)19-16-6-4-3-5-15(16)18-13(2)27-30-20(18)17(26-19)11-21(28,29)22(23,24)25/h3-10,17,28-29H,11H2,1-2H3/t17-/m0/s1. The number of nitrogens with zero attached hydrogens (tertiary/aromatic N) is 2. The number of hydrogen-bond donors (Lipinski definition) is 2. The second kappa shape index (κ2) is 7.07. The van der Waals surface area contributed by atoms with Crippen molar-refractivity contribution in [3.8, 4) is 11.1 Å². The molecular weight excluding hydrogens is 397 g/mol. The molecular formula is C22H19F3N2O3. The Kier molecular flexibility index (Phi) is 4.79. The molecule has 1 aliphatic heterocycles. The number of aliphatic imine (C=N–C) groups is 1. The number of aryl methyl sites for hydroxylation is 2. The predicted octanol–water partition coefficient (Wildman–Crippen LogP) is 4.48. The Bertz CT molecular complexity index is 1120. The first kappa shape index (κ1) is 20.3. The highest BCUT2D eigenvalue weighted by atomic mass is 19.4. The number of aromatic nitrogens is 1. The molecule has 0 radical (unpaired) electrons. The maximum absolute atomic E-state index is 13.2. The Labute approximate surface area is 170 Å². The van der Waals surface area contributed by atoms with Crippen LogP contribution in [0.5, 0.6) is 0 Å². The van der Waals surface area contributed by atoms with Crippen molar-refractivity contribution >= 4 is 5.71 Å². The maximum Gasteiger partial charge on any atom is 0.442 e. The summed E-state index contributed by atoms with van der Waals surface area (Å²) >= 11 is 0. The normalized spacial score (nSPS) is 16.5. The smallest absolute Gasteiger partial charge is 0.359 e. The Morgan fingerprint density at radius 1 is 0.967 bits per heavy atom. The lowest BCUT2D eigenvalue weighted by molar-refractivity contribution is -0.352. The summed E-state index contributed by atoms with van der Waals surface area (Å²) in [7, 11) is 0. The topological polar surface area (TPSA) is 78.9 Å². The van der Waals surface area contributed by atoms with Crippen LogP contribution in [0.15, 0.2) is 58.0 Å². The van der Waals surface area contributed by atoms with E-state index in [1.54, 1.807) is 13.0 Å². The van der Waals surface area contributed by atoms with Gasteiger partial charge in [0, 0.05) is 17.5 Å². The van der Waals surface area contributed by atoms with E-state index in [0.717, 1.165) is 5.56 Å². The lowest BCUT2D eigenvalue weighted by Gasteiger charge is -2.26. The summed E-state index contributed by atoms with van der Waals surface area (Å²) in [5, 5.41) is 23.4. The summed E-state index contributed by atoms with van der Waals surface area (Å²) in [5.41, 5.74) is 4.57. The van der Waals surface area contributed by atoms with E-state index >= 15 is 0 Å². The van der Waals surface area contributed by atoms with Crippen LogP contribution in [0.25, 0.3) is 11.1 Å². The number of fused-ring (bicyclic) bond motifs is 3. The number of benzene rings is 2. The van der Waals surface area contributed by atoms with Gasteiger partial charge in [0.15, 0.2) is 5.76 Å². The van der Waals surface area contributed by atoms with E-state index < -0.39 is 24.4 Å². The van der Waals surface area contributed by atoms with Gasteiger partial charge in [0.25, 0.3) is 5.79 Å². The molecule has 2 aromatic carbocycles. The minimum atomic E-state index is -5.25. The molecule has 30 heavy (non-hydrogen) atoms. The molecule has 1 aromatic heterocycles. The Morgan fingerprint density at radius 2 is 1.60 bits per heavy atom. The monoisotopic (exact) mass is 416 g/mol. The van der Waals surface area contributed by atoms with Gasteiger partial charge >= 0.3 is 6.18 Å². The van der Waals surface area contributed by atoms with Crippen LogP contribution in [0.3, 0.4) is 0 Å².